The molecule has 2 heterocycles. The molecule has 2 nitrogen and oxygen atoms in total. The van der Waals surface area contributed by atoms with Crippen molar-refractivity contribution >= 4 is 27.6 Å². The van der Waals surface area contributed by atoms with Crippen LogP contribution in [0.2, 0.25) is 0 Å². The number of fused-ring (bicyclic) bond motifs is 2. The Labute approximate surface area is 145 Å². The van der Waals surface area contributed by atoms with Gasteiger partial charge in [-0.1, -0.05) is 40.2 Å². The van der Waals surface area contributed by atoms with E-state index in [1.807, 2.05) is 24.3 Å². The summed E-state index contributed by atoms with van der Waals surface area (Å²) in [5.41, 5.74) is 4.98. The molecule has 2 aromatic rings. The van der Waals surface area contributed by atoms with Gasteiger partial charge in [0.1, 0.15) is 11.5 Å². The van der Waals surface area contributed by atoms with Gasteiger partial charge in [0, 0.05) is 28.7 Å². The summed E-state index contributed by atoms with van der Waals surface area (Å²) in [6.45, 7) is 2.09. The number of likely N-dealkylation sites (N-methyl/N-ethyl adjacent to an activating group) is 1. The molecule has 0 aromatic heterocycles. The first-order chi connectivity index (χ1) is 11.2. The average molecular weight is 368 g/mol. The maximum Gasteiger partial charge on any atom is 0.135 e. The first-order valence-corrected chi connectivity index (χ1v) is 8.66. The predicted molar refractivity (Wildman–Crippen MR) is 98.7 cm³/mol. The van der Waals surface area contributed by atoms with Gasteiger partial charge in [-0.25, -0.2) is 0 Å². The van der Waals surface area contributed by atoms with E-state index in [-0.39, 0.29) is 0 Å². The third-order valence-corrected chi connectivity index (χ3v) is 4.92. The van der Waals surface area contributed by atoms with Gasteiger partial charge in [0.15, 0.2) is 0 Å². The van der Waals surface area contributed by atoms with Crippen LogP contribution in [0.25, 0.3) is 11.6 Å². The Morgan fingerprint density at radius 1 is 1.09 bits per heavy atom. The molecule has 0 N–H and O–H groups in total. The van der Waals surface area contributed by atoms with Crippen LogP contribution in [0.3, 0.4) is 0 Å². The fourth-order valence-electron chi connectivity index (χ4n) is 3.13. The lowest BCUT2D eigenvalue weighted by atomic mass is 9.91. The number of allylic oxidation sites excluding steroid dienone is 1. The van der Waals surface area contributed by atoms with Gasteiger partial charge < -0.3 is 9.64 Å². The minimum atomic E-state index is 0.916. The lowest BCUT2D eigenvalue weighted by molar-refractivity contribution is 0.362. The van der Waals surface area contributed by atoms with Gasteiger partial charge in [-0.15, -0.1) is 0 Å². The second-order valence-corrected chi connectivity index (χ2v) is 7.00. The molecule has 0 atom stereocenters. The van der Waals surface area contributed by atoms with E-state index in [4.69, 9.17) is 4.74 Å². The lowest BCUT2D eigenvalue weighted by Crippen LogP contribution is -2.24. The van der Waals surface area contributed by atoms with Crippen LogP contribution in [0.4, 0.5) is 0 Å². The molecule has 2 aliphatic heterocycles. The van der Waals surface area contributed by atoms with Gasteiger partial charge in [0.25, 0.3) is 0 Å². The first kappa shape index (κ1) is 14.7. The molecule has 0 unspecified atom stereocenters. The minimum absolute atomic E-state index is 0.916. The maximum atomic E-state index is 6.19. The number of para-hydroxylation sites is 1. The Kier molecular flexibility index (Phi) is 3.83. The normalized spacial score (nSPS) is 17.3. The standard InChI is InChI=1S/C20H18BrNO/c1-22-10-8-14(9-11-22)17-12-15-4-2-3-5-19(15)23-20-7-6-16(21)13-18(17)20/h2-8,12-13H,9-11H2,1H3. The Balaban J connectivity index is 1.91. The van der Waals surface area contributed by atoms with Crippen LogP contribution in [0, 0.1) is 0 Å². The molecule has 4 rings (SSSR count). The molecule has 0 saturated carbocycles. The molecular weight excluding hydrogens is 350 g/mol. The van der Waals surface area contributed by atoms with Crippen molar-refractivity contribution in [3.63, 3.8) is 0 Å². The number of rotatable bonds is 1. The van der Waals surface area contributed by atoms with Crippen molar-refractivity contribution in [1.29, 1.82) is 0 Å². The van der Waals surface area contributed by atoms with Crippen LogP contribution in [-0.4, -0.2) is 25.0 Å². The Morgan fingerprint density at radius 3 is 2.78 bits per heavy atom. The fourth-order valence-corrected chi connectivity index (χ4v) is 3.49. The molecule has 2 aromatic carbocycles. The highest BCUT2D eigenvalue weighted by molar-refractivity contribution is 9.10. The molecule has 116 valence electrons. The van der Waals surface area contributed by atoms with Crippen LogP contribution in [0.15, 0.2) is 58.6 Å². The highest BCUT2D eigenvalue weighted by Crippen LogP contribution is 2.42. The zero-order valence-electron chi connectivity index (χ0n) is 13.1. The highest BCUT2D eigenvalue weighted by Gasteiger charge is 2.21. The summed E-state index contributed by atoms with van der Waals surface area (Å²) in [6.07, 6.45) is 5.68. The van der Waals surface area contributed by atoms with E-state index in [1.165, 1.54) is 11.1 Å². The summed E-state index contributed by atoms with van der Waals surface area (Å²) in [6, 6.07) is 14.5. The molecule has 3 heteroatoms. The monoisotopic (exact) mass is 367 g/mol. The molecule has 0 saturated heterocycles. The predicted octanol–water partition coefficient (Wildman–Crippen LogP) is 5.36. The van der Waals surface area contributed by atoms with Crippen molar-refractivity contribution in [2.24, 2.45) is 0 Å². The van der Waals surface area contributed by atoms with E-state index in [0.29, 0.717) is 0 Å². The molecule has 0 spiro atoms. The lowest BCUT2D eigenvalue weighted by Gasteiger charge is -2.24. The molecule has 23 heavy (non-hydrogen) atoms. The van der Waals surface area contributed by atoms with E-state index < -0.39 is 0 Å². The van der Waals surface area contributed by atoms with Gasteiger partial charge in [-0.3, -0.25) is 0 Å². The zero-order chi connectivity index (χ0) is 15.8. The number of hydrogen-bond acceptors (Lipinski definition) is 2. The fraction of sp³-hybridized carbons (Fsp3) is 0.200. The summed E-state index contributed by atoms with van der Waals surface area (Å²) in [5, 5.41) is 0. The summed E-state index contributed by atoms with van der Waals surface area (Å²) in [7, 11) is 2.16. The summed E-state index contributed by atoms with van der Waals surface area (Å²) < 4.78 is 7.26. The van der Waals surface area contributed by atoms with E-state index >= 15 is 0 Å². The number of halogens is 1. The second-order valence-electron chi connectivity index (χ2n) is 6.08. The number of hydrogen-bond donors (Lipinski definition) is 0. The SMILES string of the molecule is CN1CC=C(C2=Cc3ccccc3Oc3ccc(Br)cc32)CC1. The van der Waals surface area contributed by atoms with Crippen LogP contribution in [-0.2, 0) is 0 Å². The van der Waals surface area contributed by atoms with Crippen molar-refractivity contribution in [2.75, 3.05) is 20.1 Å². The van der Waals surface area contributed by atoms with E-state index in [2.05, 4.69) is 58.2 Å². The van der Waals surface area contributed by atoms with Crippen molar-refractivity contribution in [2.45, 2.75) is 6.42 Å². The van der Waals surface area contributed by atoms with Gasteiger partial charge >= 0.3 is 0 Å². The van der Waals surface area contributed by atoms with E-state index in [1.54, 1.807) is 0 Å². The molecule has 0 fully saturated rings. The third-order valence-electron chi connectivity index (χ3n) is 4.43. The second kappa shape index (κ2) is 5.99. The minimum Gasteiger partial charge on any atom is -0.456 e. The van der Waals surface area contributed by atoms with Crippen molar-refractivity contribution in [3.05, 3.63) is 69.7 Å². The molecule has 0 bridgehead atoms. The Morgan fingerprint density at radius 2 is 1.96 bits per heavy atom. The molecule has 0 aliphatic carbocycles. The number of ether oxygens (including phenoxy) is 1. The van der Waals surface area contributed by atoms with Gasteiger partial charge in [-0.2, -0.15) is 0 Å². The largest absolute Gasteiger partial charge is 0.456 e. The summed E-state index contributed by atoms with van der Waals surface area (Å²) in [5.74, 6) is 1.84. The Bertz CT molecular complexity index is 822. The number of nitrogens with zero attached hydrogens (tertiary/aromatic N) is 1. The molecule has 0 radical (unpaired) electrons. The van der Waals surface area contributed by atoms with Crippen LogP contribution >= 0.6 is 15.9 Å². The van der Waals surface area contributed by atoms with Crippen molar-refractivity contribution in [3.8, 4) is 11.5 Å². The highest BCUT2D eigenvalue weighted by atomic mass is 79.9. The van der Waals surface area contributed by atoms with E-state index in [0.717, 1.165) is 46.6 Å². The Hall–Kier alpha value is -1.84. The van der Waals surface area contributed by atoms with Crippen LogP contribution < -0.4 is 4.74 Å². The van der Waals surface area contributed by atoms with E-state index in [9.17, 15) is 0 Å². The van der Waals surface area contributed by atoms with Gasteiger partial charge in [0.05, 0.1) is 0 Å². The average Bonchev–Trinajstić information content (AvgIpc) is 2.72. The van der Waals surface area contributed by atoms with Crippen LogP contribution in [0.1, 0.15) is 17.5 Å². The van der Waals surface area contributed by atoms with Crippen LogP contribution in [0.5, 0.6) is 11.5 Å². The van der Waals surface area contributed by atoms with Crippen molar-refractivity contribution in [1.82, 2.24) is 4.90 Å². The molecule has 0 amide bonds. The maximum absolute atomic E-state index is 6.19. The number of benzene rings is 2. The van der Waals surface area contributed by atoms with Gasteiger partial charge in [-0.05, 0) is 55.0 Å². The third kappa shape index (κ3) is 2.87. The van der Waals surface area contributed by atoms with Crippen molar-refractivity contribution < 1.29 is 4.74 Å². The first-order valence-electron chi connectivity index (χ1n) is 7.87. The summed E-state index contributed by atoms with van der Waals surface area (Å²) >= 11 is 3.60. The topological polar surface area (TPSA) is 12.5 Å². The quantitative estimate of drug-likeness (QED) is 0.672. The van der Waals surface area contributed by atoms with Gasteiger partial charge in [0.2, 0.25) is 0 Å². The summed E-state index contributed by atoms with van der Waals surface area (Å²) in [4.78, 5) is 2.34. The zero-order valence-corrected chi connectivity index (χ0v) is 14.6. The smallest absolute Gasteiger partial charge is 0.135 e. The molecule has 2 aliphatic rings. The molecular formula is C20H18BrNO.